The number of hydrogen-bond donors (Lipinski definition) is 0. The molecule has 19 heavy (non-hydrogen) atoms. The van der Waals surface area contributed by atoms with E-state index in [-0.39, 0.29) is 5.78 Å². The Morgan fingerprint density at radius 2 is 1.74 bits per heavy atom. The van der Waals surface area contributed by atoms with Gasteiger partial charge in [-0.15, -0.1) is 0 Å². The quantitative estimate of drug-likeness (QED) is 0.538. The SMILES string of the molecule is O=C(c1onc2ccccc12)C(Br)c1ccccc1. The molecular formula is C15H10BrNO2. The fraction of sp³-hybridized carbons (Fsp3) is 0.0667. The van der Waals surface area contributed by atoms with E-state index in [9.17, 15) is 4.79 Å². The summed E-state index contributed by atoms with van der Waals surface area (Å²) in [6, 6.07) is 16.9. The molecule has 2 aromatic carbocycles. The number of benzene rings is 2. The number of carbonyl (C=O) groups is 1. The fourth-order valence-electron chi connectivity index (χ4n) is 1.96. The summed E-state index contributed by atoms with van der Waals surface area (Å²) in [5, 5.41) is 4.64. The van der Waals surface area contributed by atoms with Crippen LogP contribution >= 0.6 is 15.9 Å². The molecule has 1 atom stereocenters. The number of fused-ring (bicyclic) bond motifs is 1. The minimum absolute atomic E-state index is 0.125. The lowest BCUT2D eigenvalue weighted by Gasteiger charge is -2.06. The van der Waals surface area contributed by atoms with Gasteiger partial charge in [-0.25, -0.2) is 0 Å². The molecule has 3 aromatic rings. The van der Waals surface area contributed by atoms with E-state index >= 15 is 0 Å². The van der Waals surface area contributed by atoms with Crippen molar-refractivity contribution >= 4 is 32.6 Å². The van der Waals surface area contributed by atoms with Crippen LogP contribution in [0.15, 0.2) is 59.1 Å². The Bertz CT molecular complexity index is 721. The molecule has 0 bridgehead atoms. The van der Waals surface area contributed by atoms with Gasteiger partial charge in [0, 0.05) is 0 Å². The summed E-state index contributed by atoms with van der Waals surface area (Å²) in [5.74, 6) is 0.168. The van der Waals surface area contributed by atoms with Crippen LogP contribution in [0.2, 0.25) is 0 Å². The van der Waals surface area contributed by atoms with Crippen molar-refractivity contribution in [1.29, 1.82) is 0 Å². The second-order valence-electron chi connectivity index (χ2n) is 4.17. The molecule has 0 N–H and O–H groups in total. The second-order valence-corrected chi connectivity index (χ2v) is 5.08. The summed E-state index contributed by atoms with van der Waals surface area (Å²) in [4.78, 5) is 12.0. The van der Waals surface area contributed by atoms with Gasteiger partial charge in [0.1, 0.15) is 10.3 Å². The topological polar surface area (TPSA) is 43.1 Å². The molecule has 1 aromatic heterocycles. The summed E-state index contributed by atoms with van der Waals surface area (Å²) < 4.78 is 5.19. The zero-order valence-electron chi connectivity index (χ0n) is 9.92. The van der Waals surface area contributed by atoms with Gasteiger partial charge < -0.3 is 4.52 Å². The first-order valence-corrected chi connectivity index (χ1v) is 6.76. The standard InChI is InChI=1S/C15H10BrNO2/c16-13(10-6-2-1-3-7-10)14(18)15-11-8-4-5-9-12(11)17-19-15/h1-9,13H. The molecule has 0 amide bonds. The van der Waals surface area contributed by atoms with Gasteiger partial charge in [-0.3, -0.25) is 4.79 Å². The molecule has 94 valence electrons. The maximum Gasteiger partial charge on any atom is 0.219 e. The fourth-order valence-corrected chi connectivity index (χ4v) is 2.47. The Kier molecular flexibility index (Phi) is 3.17. The smallest absolute Gasteiger partial charge is 0.219 e. The zero-order chi connectivity index (χ0) is 13.2. The number of halogens is 1. The van der Waals surface area contributed by atoms with E-state index in [1.54, 1.807) is 0 Å². The summed E-state index contributed by atoms with van der Waals surface area (Å²) >= 11 is 3.42. The van der Waals surface area contributed by atoms with Crippen molar-refractivity contribution in [1.82, 2.24) is 5.16 Å². The van der Waals surface area contributed by atoms with Crippen LogP contribution in [0.3, 0.4) is 0 Å². The van der Waals surface area contributed by atoms with Crippen LogP contribution in [0, 0.1) is 0 Å². The first kappa shape index (κ1) is 12.1. The van der Waals surface area contributed by atoms with E-state index in [0.717, 1.165) is 10.9 Å². The molecule has 1 heterocycles. The monoisotopic (exact) mass is 315 g/mol. The number of ketones is 1. The van der Waals surface area contributed by atoms with E-state index in [0.29, 0.717) is 11.3 Å². The normalized spacial score (nSPS) is 12.5. The van der Waals surface area contributed by atoms with Gasteiger partial charge in [-0.05, 0) is 17.7 Å². The van der Waals surface area contributed by atoms with E-state index < -0.39 is 4.83 Å². The summed E-state index contributed by atoms with van der Waals surface area (Å²) in [5.41, 5.74) is 1.59. The highest BCUT2D eigenvalue weighted by Gasteiger charge is 2.24. The average Bonchev–Trinajstić information content (AvgIpc) is 2.90. The van der Waals surface area contributed by atoms with Crippen LogP contribution in [-0.4, -0.2) is 10.9 Å². The third kappa shape index (κ3) is 2.19. The summed E-state index contributed by atoms with van der Waals surface area (Å²) in [6.45, 7) is 0. The van der Waals surface area contributed by atoms with Gasteiger partial charge in [-0.2, -0.15) is 0 Å². The number of nitrogens with zero attached hydrogens (tertiary/aromatic N) is 1. The number of aromatic nitrogens is 1. The highest BCUT2D eigenvalue weighted by atomic mass is 79.9. The van der Waals surface area contributed by atoms with Crippen LogP contribution in [0.5, 0.6) is 0 Å². The Labute approximate surface area is 118 Å². The maximum atomic E-state index is 12.4. The molecule has 0 saturated carbocycles. The lowest BCUT2D eigenvalue weighted by Crippen LogP contribution is -2.06. The van der Waals surface area contributed by atoms with Crippen LogP contribution in [0.4, 0.5) is 0 Å². The maximum absolute atomic E-state index is 12.4. The number of Topliss-reactive ketones (excluding diaryl/α,β-unsaturated/α-hetero) is 1. The van der Waals surface area contributed by atoms with Crippen molar-refractivity contribution in [3.8, 4) is 0 Å². The van der Waals surface area contributed by atoms with Gasteiger partial charge in [0.2, 0.25) is 11.5 Å². The summed E-state index contributed by atoms with van der Waals surface area (Å²) in [7, 11) is 0. The lowest BCUT2D eigenvalue weighted by atomic mass is 10.1. The van der Waals surface area contributed by atoms with Gasteiger partial charge >= 0.3 is 0 Å². The van der Waals surface area contributed by atoms with Crippen LogP contribution < -0.4 is 0 Å². The molecule has 0 radical (unpaired) electrons. The molecule has 0 spiro atoms. The molecule has 3 nitrogen and oxygen atoms in total. The second kappa shape index (κ2) is 4.97. The third-order valence-electron chi connectivity index (χ3n) is 2.93. The largest absolute Gasteiger partial charge is 0.352 e. The molecule has 1 unspecified atom stereocenters. The molecule has 4 heteroatoms. The Morgan fingerprint density at radius 3 is 2.53 bits per heavy atom. The molecule has 0 aliphatic heterocycles. The predicted molar refractivity (Wildman–Crippen MR) is 76.4 cm³/mol. The average molecular weight is 316 g/mol. The van der Waals surface area contributed by atoms with Crippen molar-refractivity contribution in [2.75, 3.05) is 0 Å². The van der Waals surface area contributed by atoms with Crippen molar-refractivity contribution in [2.24, 2.45) is 0 Å². The van der Waals surface area contributed by atoms with Crippen LogP contribution in [0.25, 0.3) is 10.9 Å². The van der Waals surface area contributed by atoms with Crippen molar-refractivity contribution in [3.63, 3.8) is 0 Å². The molecule has 0 aliphatic rings. The van der Waals surface area contributed by atoms with E-state index in [1.807, 2.05) is 54.6 Å². The molecule has 3 rings (SSSR count). The first-order chi connectivity index (χ1) is 9.27. The van der Waals surface area contributed by atoms with Crippen molar-refractivity contribution < 1.29 is 9.32 Å². The van der Waals surface area contributed by atoms with E-state index in [1.165, 1.54) is 0 Å². The highest BCUT2D eigenvalue weighted by molar-refractivity contribution is 9.09. The first-order valence-electron chi connectivity index (χ1n) is 5.85. The van der Waals surface area contributed by atoms with Gasteiger partial charge in [-0.1, -0.05) is 63.6 Å². The minimum atomic E-state index is -0.426. The third-order valence-corrected chi connectivity index (χ3v) is 3.87. The molecule has 0 aliphatic carbocycles. The Morgan fingerprint density at radius 1 is 1.05 bits per heavy atom. The Hall–Kier alpha value is -1.94. The van der Waals surface area contributed by atoms with Gasteiger partial charge in [0.05, 0.1) is 5.39 Å². The predicted octanol–water partition coefficient (Wildman–Crippen LogP) is 4.15. The Balaban J connectivity index is 2.00. The minimum Gasteiger partial charge on any atom is -0.352 e. The number of hydrogen-bond acceptors (Lipinski definition) is 3. The van der Waals surface area contributed by atoms with Crippen LogP contribution in [-0.2, 0) is 0 Å². The highest BCUT2D eigenvalue weighted by Crippen LogP contribution is 2.29. The molecule has 0 fully saturated rings. The van der Waals surface area contributed by atoms with Crippen molar-refractivity contribution in [3.05, 3.63) is 65.9 Å². The van der Waals surface area contributed by atoms with Gasteiger partial charge in [0.15, 0.2) is 0 Å². The summed E-state index contributed by atoms with van der Waals surface area (Å²) in [6.07, 6.45) is 0. The zero-order valence-corrected chi connectivity index (χ0v) is 11.5. The van der Waals surface area contributed by atoms with Crippen molar-refractivity contribution in [2.45, 2.75) is 4.83 Å². The van der Waals surface area contributed by atoms with Crippen LogP contribution in [0.1, 0.15) is 20.9 Å². The molecular weight excluding hydrogens is 306 g/mol. The number of alkyl halides is 1. The van der Waals surface area contributed by atoms with Gasteiger partial charge in [0.25, 0.3) is 0 Å². The van der Waals surface area contributed by atoms with E-state index in [2.05, 4.69) is 21.1 Å². The lowest BCUT2D eigenvalue weighted by molar-refractivity contribution is 0.0958. The number of rotatable bonds is 3. The number of carbonyl (C=O) groups excluding carboxylic acids is 1. The molecule has 0 saturated heterocycles. The van der Waals surface area contributed by atoms with E-state index in [4.69, 9.17) is 4.52 Å².